The smallest absolute Gasteiger partial charge is 0.196 e. The van der Waals surface area contributed by atoms with Crippen LogP contribution in [0.4, 0.5) is 18.9 Å². The molecule has 0 aliphatic rings. The van der Waals surface area contributed by atoms with Crippen molar-refractivity contribution in [1.29, 1.82) is 0 Å². The highest BCUT2D eigenvalue weighted by molar-refractivity contribution is 5.48. The van der Waals surface area contributed by atoms with Crippen LogP contribution in [0.25, 0.3) is 0 Å². The van der Waals surface area contributed by atoms with Crippen LogP contribution < -0.4 is 5.32 Å². The maximum atomic E-state index is 13.6. The summed E-state index contributed by atoms with van der Waals surface area (Å²) in [6.45, 7) is 5.77. The number of nitrogens with one attached hydrogen (secondary N) is 1. The minimum atomic E-state index is -1.46. The third-order valence-electron chi connectivity index (χ3n) is 3.31. The van der Waals surface area contributed by atoms with Crippen LogP contribution in [0, 0.1) is 31.3 Å². The minimum Gasteiger partial charge on any atom is -0.376 e. The molecule has 106 valence electrons. The van der Waals surface area contributed by atoms with E-state index in [4.69, 9.17) is 0 Å². The van der Waals surface area contributed by atoms with E-state index < -0.39 is 17.5 Å². The van der Waals surface area contributed by atoms with Crippen LogP contribution in [0.2, 0.25) is 0 Å². The first-order valence-electron chi connectivity index (χ1n) is 6.37. The highest BCUT2D eigenvalue weighted by atomic mass is 19.2. The number of halogens is 3. The summed E-state index contributed by atoms with van der Waals surface area (Å²) in [6.07, 6.45) is 0. The summed E-state index contributed by atoms with van der Waals surface area (Å²) in [6, 6.07) is 7.86. The quantitative estimate of drug-likeness (QED) is 0.788. The average molecular weight is 279 g/mol. The molecule has 1 nitrogen and oxygen atoms in total. The molecule has 0 radical (unpaired) electrons. The van der Waals surface area contributed by atoms with E-state index in [1.807, 2.05) is 39.0 Å². The van der Waals surface area contributed by atoms with E-state index in [9.17, 15) is 13.2 Å². The van der Waals surface area contributed by atoms with Gasteiger partial charge in [-0.3, -0.25) is 0 Å². The molecule has 20 heavy (non-hydrogen) atoms. The van der Waals surface area contributed by atoms with Gasteiger partial charge in [0.25, 0.3) is 0 Å². The number of hydrogen-bond donors (Lipinski definition) is 1. The molecule has 0 heterocycles. The van der Waals surface area contributed by atoms with Crippen LogP contribution >= 0.6 is 0 Å². The second kappa shape index (κ2) is 5.57. The predicted molar refractivity (Wildman–Crippen MR) is 74.3 cm³/mol. The van der Waals surface area contributed by atoms with Gasteiger partial charge in [-0.25, -0.2) is 13.2 Å². The summed E-state index contributed by atoms with van der Waals surface area (Å²) < 4.78 is 39.7. The van der Waals surface area contributed by atoms with Gasteiger partial charge in [0.05, 0.1) is 5.69 Å². The third kappa shape index (κ3) is 2.79. The fraction of sp³-hybridized carbons (Fsp3) is 0.250. The van der Waals surface area contributed by atoms with Gasteiger partial charge in [0.2, 0.25) is 0 Å². The molecule has 0 spiro atoms. The number of aryl methyl sites for hydroxylation is 2. The second-order valence-electron chi connectivity index (χ2n) is 4.95. The van der Waals surface area contributed by atoms with Crippen molar-refractivity contribution in [3.63, 3.8) is 0 Å². The van der Waals surface area contributed by atoms with Crippen molar-refractivity contribution in [3.8, 4) is 0 Å². The zero-order valence-corrected chi connectivity index (χ0v) is 11.6. The third-order valence-corrected chi connectivity index (χ3v) is 3.31. The summed E-state index contributed by atoms with van der Waals surface area (Å²) in [5.41, 5.74) is 3.09. The summed E-state index contributed by atoms with van der Waals surface area (Å²) in [5, 5.41) is 2.88. The molecule has 0 bridgehead atoms. The van der Waals surface area contributed by atoms with E-state index >= 15 is 0 Å². The van der Waals surface area contributed by atoms with Gasteiger partial charge in [-0.15, -0.1) is 0 Å². The number of rotatable bonds is 3. The molecule has 2 rings (SSSR count). The van der Waals surface area contributed by atoms with Gasteiger partial charge in [-0.2, -0.15) is 0 Å². The van der Waals surface area contributed by atoms with Gasteiger partial charge in [-0.1, -0.05) is 23.8 Å². The standard InChI is InChI=1S/C16H16F3N/c1-9-4-5-10(2)12(8-9)11(3)20-14-7-6-13(17)15(18)16(14)19/h4-8,11,20H,1-3H3. The molecule has 4 heteroatoms. The van der Waals surface area contributed by atoms with Gasteiger partial charge >= 0.3 is 0 Å². The Labute approximate surface area is 116 Å². The van der Waals surface area contributed by atoms with Crippen molar-refractivity contribution in [2.75, 3.05) is 5.32 Å². The second-order valence-corrected chi connectivity index (χ2v) is 4.95. The monoisotopic (exact) mass is 279 g/mol. The molecule has 0 saturated heterocycles. The summed E-state index contributed by atoms with van der Waals surface area (Å²) in [5.74, 6) is -3.84. The summed E-state index contributed by atoms with van der Waals surface area (Å²) in [7, 11) is 0. The van der Waals surface area contributed by atoms with Crippen LogP contribution in [-0.2, 0) is 0 Å². The minimum absolute atomic E-state index is 0.0442. The summed E-state index contributed by atoms with van der Waals surface area (Å²) >= 11 is 0. The molecule has 0 aliphatic heterocycles. The lowest BCUT2D eigenvalue weighted by Gasteiger charge is -2.19. The lowest BCUT2D eigenvalue weighted by molar-refractivity contribution is 0.448. The highest BCUT2D eigenvalue weighted by Gasteiger charge is 2.16. The Morgan fingerprint density at radius 2 is 1.65 bits per heavy atom. The maximum absolute atomic E-state index is 13.6. The van der Waals surface area contributed by atoms with Crippen molar-refractivity contribution in [2.45, 2.75) is 26.8 Å². The van der Waals surface area contributed by atoms with Gasteiger partial charge < -0.3 is 5.32 Å². The van der Waals surface area contributed by atoms with Crippen LogP contribution in [0.15, 0.2) is 30.3 Å². The van der Waals surface area contributed by atoms with Crippen LogP contribution in [0.5, 0.6) is 0 Å². The first-order valence-corrected chi connectivity index (χ1v) is 6.37. The number of benzene rings is 2. The Hall–Kier alpha value is -1.97. The van der Waals surface area contributed by atoms with Crippen molar-refractivity contribution < 1.29 is 13.2 Å². The maximum Gasteiger partial charge on any atom is 0.196 e. The fourth-order valence-corrected chi connectivity index (χ4v) is 2.17. The molecule has 2 aromatic rings. The SMILES string of the molecule is Cc1ccc(C)c(C(C)Nc2ccc(F)c(F)c2F)c1. The van der Waals surface area contributed by atoms with Gasteiger partial charge in [0.15, 0.2) is 17.5 Å². The topological polar surface area (TPSA) is 12.0 Å². The van der Waals surface area contributed by atoms with Gasteiger partial charge in [-0.05, 0) is 44.0 Å². The van der Waals surface area contributed by atoms with Crippen LogP contribution in [0.3, 0.4) is 0 Å². The first kappa shape index (κ1) is 14.4. The van der Waals surface area contributed by atoms with Gasteiger partial charge in [0.1, 0.15) is 0 Å². The number of anilines is 1. The van der Waals surface area contributed by atoms with E-state index in [1.54, 1.807) is 0 Å². The van der Waals surface area contributed by atoms with E-state index in [0.717, 1.165) is 22.8 Å². The molecule has 0 saturated carbocycles. The van der Waals surface area contributed by atoms with Gasteiger partial charge in [0, 0.05) is 6.04 Å². The molecule has 0 aromatic heterocycles. The van der Waals surface area contributed by atoms with E-state index in [2.05, 4.69) is 5.32 Å². The number of hydrogen-bond acceptors (Lipinski definition) is 1. The highest BCUT2D eigenvalue weighted by Crippen LogP contribution is 2.26. The van der Waals surface area contributed by atoms with E-state index in [1.165, 1.54) is 6.07 Å². The Bertz CT molecular complexity index is 638. The fourth-order valence-electron chi connectivity index (χ4n) is 2.17. The Balaban J connectivity index is 2.30. The lowest BCUT2D eigenvalue weighted by Crippen LogP contribution is -2.10. The normalized spacial score (nSPS) is 12.3. The van der Waals surface area contributed by atoms with E-state index in [-0.39, 0.29) is 11.7 Å². The Morgan fingerprint density at radius 1 is 0.950 bits per heavy atom. The zero-order chi connectivity index (χ0) is 14.9. The average Bonchev–Trinajstić information content (AvgIpc) is 2.42. The van der Waals surface area contributed by atoms with Crippen LogP contribution in [-0.4, -0.2) is 0 Å². The molecule has 0 amide bonds. The summed E-state index contributed by atoms with van der Waals surface area (Å²) in [4.78, 5) is 0. The van der Waals surface area contributed by atoms with Crippen molar-refractivity contribution in [1.82, 2.24) is 0 Å². The predicted octanol–water partition coefficient (Wildman–Crippen LogP) is 4.89. The zero-order valence-electron chi connectivity index (χ0n) is 11.6. The largest absolute Gasteiger partial charge is 0.376 e. The van der Waals surface area contributed by atoms with Crippen LogP contribution in [0.1, 0.15) is 29.7 Å². The van der Waals surface area contributed by atoms with Crippen molar-refractivity contribution >= 4 is 5.69 Å². The molecule has 0 aliphatic carbocycles. The van der Waals surface area contributed by atoms with E-state index in [0.29, 0.717) is 0 Å². The molecule has 1 unspecified atom stereocenters. The Morgan fingerprint density at radius 3 is 2.35 bits per heavy atom. The molecular weight excluding hydrogens is 263 g/mol. The molecule has 0 fully saturated rings. The van der Waals surface area contributed by atoms with Crippen molar-refractivity contribution in [2.24, 2.45) is 0 Å². The molecule has 1 N–H and O–H groups in total. The molecule has 1 atom stereocenters. The lowest BCUT2D eigenvalue weighted by atomic mass is 10.00. The molecule has 2 aromatic carbocycles. The molecular formula is C16H16F3N. The first-order chi connectivity index (χ1) is 9.40. The van der Waals surface area contributed by atoms with Crippen molar-refractivity contribution in [3.05, 3.63) is 64.5 Å². The Kier molecular flexibility index (Phi) is 4.02.